The monoisotopic (exact) mass is 275 g/mol. The Morgan fingerprint density at radius 1 is 1.45 bits per heavy atom. The molecule has 1 fully saturated rings. The number of aliphatic hydroxyl groups excluding tert-OH is 1. The molecule has 2 heterocycles. The highest BCUT2D eigenvalue weighted by molar-refractivity contribution is 5.96. The van der Waals surface area contributed by atoms with Crippen molar-refractivity contribution in [1.82, 2.24) is 4.90 Å². The molecule has 1 aliphatic rings. The van der Waals surface area contributed by atoms with Crippen LogP contribution in [0.25, 0.3) is 11.0 Å². The van der Waals surface area contributed by atoms with Crippen molar-refractivity contribution in [3.8, 4) is 0 Å². The minimum Gasteiger partial charge on any atom is -0.451 e. The molecule has 1 saturated heterocycles. The summed E-state index contributed by atoms with van der Waals surface area (Å²) in [6, 6.07) is 7.59. The molecule has 2 aromatic rings. The van der Waals surface area contributed by atoms with Gasteiger partial charge in [0, 0.05) is 18.5 Å². The predicted octanol–water partition coefficient (Wildman–Crippen LogP) is 1.57. The third-order valence-corrected chi connectivity index (χ3v) is 3.51. The van der Waals surface area contributed by atoms with E-state index in [0.717, 1.165) is 10.9 Å². The molecule has 1 aliphatic heterocycles. The van der Waals surface area contributed by atoms with Gasteiger partial charge < -0.3 is 19.2 Å². The Kier molecular flexibility index (Phi) is 3.46. The van der Waals surface area contributed by atoms with Crippen molar-refractivity contribution >= 4 is 16.9 Å². The summed E-state index contributed by atoms with van der Waals surface area (Å²) in [6.07, 6.45) is -0.306. The molecule has 106 valence electrons. The zero-order valence-electron chi connectivity index (χ0n) is 11.3. The van der Waals surface area contributed by atoms with Gasteiger partial charge in [0.05, 0.1) is 19.3 Å². The number of aliphatic hydroxyl groups is 1. The number of ether oxygens (including phenoxy) is 1. The van der Waals surface area contributed by atoms with Crippen molar-refractivity contribution in [3.05, 3.63) is 35.6 Å². The molecule has 1 N–H and O–H groups in total. The van der Waals surface area contributed by atoms with Crippen LogP contribution in [0.3, 0.4) is 0 Å². The van der Waals surface area contributed by atoms with Crippen molar-refractivity contribution in [2.45, 2.75) is 13.0 Å². The Balaban J connectivity index is 1.84. The number of rotatable bonds is 2. The van der Waals surface area contributed by atoms with E-state index < -0.39 is 0 Å². The molecule has 1 aromatic carbocycles. The van der Waals surface area contributed by atoms with E-state index in [2.05, 4.69) is 0 Å². The molecule has 3 rings (SSSR count). The van der Waals surface area contributed by atoms with E-state index >= 15 is 0 Å². The Morgan fingerprint density at radius 3 is 3.10 bits per heavy atom. The number of hydrogen-bond acceptors (Lipinski definition) is 4. The topological polar surface area (TPSA) is 62.9 Å². The zero-order chi connectivity index (χ0) is 14.1. The molecular weight excluding hydrogens is 258 g/mol. The number of aryl methyl sites for hydroxylation is 1. The number of furan rings is 1. The first-order valence-electron chi connectivity index (χ1n) is 6.69. The lowest BCUT2D eigenvalue weighted by Gasteiger charge is -2.31. The first-order chi connectivity index (χ1) is 9.67. The van der Waals surface area contributed by atoms with Gasteiger partial charge in [-0.05, 0) is 25.1 Å². The number of carbonyl (C=O) groups is 1. The van der Waals surface area contributed by atoms with Gasteiger partial charge in [0.2, 0.25) is 0 Å². The van der Waals surface area contributed by atoms with Gasteiger partial charge in [-0.25, -0.2) is 0 Å². The standard InChI is InChI=1S/C15H17NO4/c1-10-2-3-13-11(6-10)7-14(20-13)15(18)16-4-5-19-12(8-16)9-17/h2-3,6-7,12,17H,4-5,8-9H2,1H3. The third-order valence-electron chi connectivity index (χ3n) is 3.51. The summed E-state index contributed by atoms with van der Waals surface area (Å²) in [6.45, 7) is 3.28. The number of benzene rings is 1. The van der Waals surface area contributed by atoms with Gasteiger partial charge in [-0.3, -0.25) is 4.79 Å². The van der Waals surface area contributed by atoms with Crippen LogP contribution in [0.4, 0.5) is 0 Å². The maximum absolute atomic E-state index is 12.4. The molecule has 1 aromatic heterocycles. The van der Waals surface area contributed by atoms with Gasteiger partial charge in [-0.15, -0.1) is 0 Å². The van der Waals surface area contributed by atoms with Gasteiger partial charge in [0.25, 0.3) is 5.91 Å². The summed E-state index contributed by atoms with van der Waals surface area (Å²) in [5, 5.41) is 10.1. The molecule has 5 nitrogen and oxygen atoms in total. The number of morpholine rings is 1. The van der Waals surface area contributed by atoms with Crippen LogP contribution in [0.5, 0.6) is 0 Å². The molecular formula is C15H17NO4. The predicted molar refractivity (Wildman–Crippen MR) is 73.7 cm³/mol. The highest BCUT2D eigenvalue weighted by atomic mass is 16.5. The molecule has 0 aliphatic carbocycles. The van der Waals surface area contributed by atoms with Gasteiger partial charge in [0.15, 0.2) is 5.76 Å². The Morgan fingerprint density at radius 2 is 2.30 bits per heavy atom. The van der Waals surface area contributed by atoms with Gasteiger partial charge in [-0.2, -0.15) is 0 Å². The van der Waals surface area contributed by atoms with Gasteiger partial charge in [-0.1, -0.05) is 11.6 Å². The minimum atomic E-state index is -0.306. The highest BCUT2D eigenvalue weighted by Gasteiger charge is 2.26. The summed E-state index contributed by atoms with van der Waals surface area (Å²) >= 11 is 0. The van der Waals surface area contributed by atoms with Crippen molar-refractivity contribution < 1.29 is 19.1 Å². The van der Waals surface area contributed by atoms with E-state index in [-0.39, 0.29) is 18.6 Å². The van der Waals surface area contributed by atoms with E-state index in [1.165, 1.54) is 0 Å². The summed E-state index contributed by atoms with van der Waals surface area (Å²) in [5.41, 5.74) is 1.84. The lowest BCUT2D eigenvalue weighted by molar-refractivity contribution is -0.0453. The van der Waals surface area contributed by atoms with E-state index in [4.69, 9.17) is 14.3 Å². The second kappa shape index (κ2) is 5.26. The number of amides is 1. The minimum absolute atomic E-state index is 0.0803. The number of nitrogens with zero attached hydrogens (tertiary/aromatic N) is 1. The summed E-state index contributed by atoms with van der Waals surface area (Å²) in [5.74, 6) is 0.185. The molecule has 1 amide bonds. The fourth-order valence-electron chi connectivity index (χ4n) is 2.44. The SMILES string of the molecule is Cc1ccc2oc(C(=O)N3CCOC(CO)C3)cc2c1. The van der Waals surface area contributed by atoms with Crippen LogP contribution in [0.2, 0.25) is 0 Å². The van der Waals surface area contributed by atoms with E-state index in [1.54, 1.807) is 11.0 Å². The first-order valence-corrected chi connectivity index (χ1v) is 6.69. The van der Waals surface area contributed by atoms with Crippen LogP contribution in [-0.4, -0.2) is 48.3 Å². The van der Waals surface area contributed by atoms with Gasteiger partial charge in [0.1, 0.15) is 5.58 Å². The van der Waals surface area contributed by atoms with Crippen LogP contribution in [0.15, 0.2) is 28.7 Å². The quantitative estimate of drug-likeness (QED) is 0.903. The van der Waals surface area contributed by atoms with Crippen LogP contribution >= 0.6 is 0 Å². The largest absolute Gasteiger partial charge is 0.451 e. The third kappa shape index (κ3) is 2.42. The normalized spacial score (nSPS) is 19.5. The summed E-state index contributed by atoms with van der Waals surface area (Å²) < 4.78 is 11.0. The smallest absolute Gasteiger partial charge is 0.289 e. The molecule has 0 saturated carbocycles. The van der Waals surface area contributed by atoms with Crippen molar-refractivity contribution in [3.63, 3.8) is 0 Å². The van der Waals surface area contributed by atoms with Crippen LogP contribution < -0.4 is 0 Å². The molecule has 0 spiro atoms. The van der Waals surface area contributed by atoms with Crippen molar-refractivity contribution in [2.75, 3.05) is 26.3 Å². The fraction of sp³-hybridized carbons (Fsp3) is 0.400. The molecule has 1 atom stereocenters. The van der Waals surface area contributed by atoms with Crippen LogP contribution in [-0.2, 0) is 4.74 Å². The zero-order valence-corrected chi connectivity index (χ0v) is 11.3. The Hall–Kier alpha value is -1.85. The van der Waals surface area contributed by atoms with Crippen LogP contribution in [0, 0.1) is 6.92 Å². The molecule has 5 heteroatoms. The van der Waals surface area contributed by atoms with Crippen molar-refractivity contribution in [1.29, 1.82) is 0 Å². The summed E-state index contributed by atoms with van der Waals surface area (Å²) in [7, 11) is 0. The first kappa shape index (κ1) is 13.1. The van der Waals surface area contributed by atoms with Crippen LogP contribution in [0.1, 0.15) is 16.1 Å². The lowest BCUT2D eigenvalue weighted by atomic mass is 10.2. The number of fused-ring (bicyclic) bond motifs is 1. The maximum atomic E-state index is 12.4. The average molecular weight is 275 g/mol. The number of carbonyl (C=O) groups excluding carboxylic acids is 1. The molecule has 0 bridgehead atoms. The Labute approximate surface area is 116 Å². The summed E-state index contributed by atoms with van der Waals surface area (Å²) in [4.78, 5) is 14.1. The fourth-order valence-corrected chi connectivity index (χ4v) is 2.44. The van der Waals surface area contributed by atoms with E-state index in [9.17, 15) is 4.79 Å². The molecule has 0 radical (unpaired) electrons. The van der Waals surface area contributed by atoms with E-state index in [0.29, 0.717) is 31.0 Å². The second-order valence-corrected chi connectivity index (χ2v) is 5.08. The van der Waals surface area contributed by atoms with Crippen molar-refractivity contribution in [2.24, 2.45) is 0 Å². The Bertz CT molecular complexity index is 634. The highest BCUT2D eigenvalue weighted by Crippen LogP contribution is 2.22. The lowest BCUT2D eigenvalue weighted by Crippen LogP contribution is -2.46. The number of hydrogen-bond donors (Lipinski definition) is 1. The molecule has 20 heavy (non-hydrogen) atoms. The second-order valence-electron chi connectivity index (χ2n) is 5.08. The van der Waals surface area contributed by atoms with Gasteiger partial charge >= 0.3 is 0 Å². The average Bonchev–Trinajstić information content (AvgIpc) is 2.89. The van der Waals surface area contributed by atoms with E-state index in [1.807, 2.05) is 25.1 Å². The molecule has 1 unspecified atom stereocenters. The maximum Gasteiger partial charge on any atom is 0.289 e.